The Hall–Kier alpha value is -2.86. The molecule has 200 valence electrons. The number of esters is 1. The van der Waals surface area contributed by atoms with Crippen LogP contribution in [0.4, 0.5) is 0 Å². The highest BCUT2D eigenvalue weighted by Crippen LogP contribution is 2.79. The van der Waals surface area contributed by atoms with E-state index in [0.717, 1.165) is 24.2 Å². The molecule has 6 heteroatoms. The smallest absolute Gasteiger partial charge is 0.339 e. The number of furan rings is 1. The van der Waals surface area contributed by atoms with Crippen molar-refractivity contribution in [2.24, 2.45) is 33.5 Å². The van der Waals surface area contributed by atoms with Gasteiger partial charge in [0, 0.05) is 21.8 Å². The van der Waals surface area contributed by atoms with Gasteiger partial charge in [0.15, 0.2) is 11.9 Å². The van der Waals surface area contributed by atoms with E-state index < -0.39 is 34.1 Å². The van der Waals surface area contributed by atoms with Crippen LogP contribution in [0, 0.1) is 33.5 Å². The standard InChI is InChI=1S/C32H36O6/c1-28(2)22-17-24(36-20-9-7-6-8-10-20)31(5)21(29(22,3)14-12-23(28)33)11-15-30(4)25(19-13-16-35-18-19)37-27(34)26-32(30,31)38-26/h6-10,12-14,16,18,21-22,24-26H,11,15,17H2,1-5H3/t21-,22-,24-,25+,26-,29-,30+,31+,32-/m1/s1. The van der Waals surface area contributed by atoms with E-state index >= 15 is 0 Å². The zero-order chi connectivity index (χ0) is 26.7. The van der Waals surface area contributed by atoms with Crippen molar-refractivity contribution in [3.05, 3.63) is 66.6 Å². The van der Waals surface area contributed by atoms with Gasteiger partial charge in [0.05, 0.1) is 12.5 Å². The maximum atomic E-state index is 13.4. The molecule has 0 N–H and O–H groups in total. The lowest BCUT2D eigenvalue weighted by molar-refractivity contribution is -0.241. The number of ether oxygens (including phenoxy) is 3. The number of carbonyl (C=O) groups is 2. The first-order chi connectivity index (χ1) is 18.0. The van der Waals surface area contributed by atoms with Gasteiger partial charge in [0.2, 0.25) is 0 Å². The van der Waals surface area contributed by atoms with Gasteiger partial charge < -0.3 is 18.6 Å². The van der Waals surface area contributed by atoms with E-state index in [2.05, 4.69) is 40.7 Å². The first kappa shape index (κ1) is 24.2. The Morgan fingerprint density at radius 1 is 0.947 bits per heavy atom. The van der Waals surface area contributed by atoms with Crippen LogP contribution in [-0.2, 0) is 19.1 Å². The summed E-state index contributed by atoms with van der Waals surface area (Å²) < 4.78 is 25.1. The summed E-state index contributed by atoms with van der Waals surface area (Å²) >= 11 is 0. The summed E-state index contributed by atoms with van der Waals surface area (Å²) in [6.45, 7) is 11.0. The van der Waals surface area contributed by atoms with Gasteiger partial charge in [-0.15, -0.1) is 0 Å². The van der Waals surface area contributed by atoms with Crippen LogP contribution in [0.1, 0.15) is 65.5 Å². The van der Waals surface area contributed by atoms with E-state index in [-0.39, 0.29) is 35.1 Å². The highest BCUT2D eigenvalue weighted by atomic mass is 16.7. The maximum absolute atomic E-state index is 13.4. The molecule has 0 bridgehead atoms. The van der Waals surface area contributed by atoms with Gasteiger partial charge in [0.25, 0.3) is 0 Å². The molecule has 3 heterocycles. The predicted molar refractivity (Wildman–Crippen MR) is 139 cm³/mol. The van der Waals surface area contributed by atoms with E-state index in [0.29, 0.717) is 6.42 Å². The van der Waals surface area contributed by atoms with Gasteiger partial charge in [-0.2, -0.15) is 0 Å². The van der Waals surface area contributed by atoms with Crippen LogP contribution in [0.15, 0.2) is 65.5 Å². The van der Waals surface area contributed by atoms with Crippen LogP contribution < -0.4 is 4.74 Å². The van der Waals surface area contributed by atoms with Crippen molar-refractivity contribution in [3.8, 4) is 5.75 Å². The lowest BCUT2D eigenvalue weighted by Gasteiger charge is -2.68. The Kier molecular flexibility index (Phi) is 4.72. The van der Waals surface area contributed by atoms with Crippen LogP contribution in [0.5, 0.6) is 5.75 Å². The van der Waals surface area contributed by atoms with E-state index in [1.165, 1.54) is 0 Å². The minimum absolute atomic E-state index is 0.0949. The van der Waals surface area contributed by atoms with Crippen molar-refractivity contribution in [2.45, 2.75) is 77.8 Å². The highest BCUT2D eigenvalue weighted by Gasteiger charge is 2.88. The third kappa shape index (κ3) is 2.67. The number of cyclic esters (lactones) is 1. The molecule has 1 aromatic heterocycles. The number of fused-ring (bicyclic) bond motifs is 3. The third-order valence-electron chi connectivity index (χ3n) is 11.6. The number of allylic oxidation sites excluding steroid dienone is 2. The molecule has 9 atom stereocenters. The summed E-state index contributed by atoms with van der Waals surface area (Å²) in [6.07, 6.45) is 8.36. The normalized spacial score (nSPS) is 46.2. The van der Waals surface area contributed by atoms with E-state index in [4.69, 9.17) is 18.6 Å². The zero-order valence-electron chi connectivity index (χ0n) is 22.7. The molecule has 7 rings (SSSR count). The summed E-state index contributed by atoms with van der Waals surface area (Å²) in [5, 5.41) is 0. The molecule has 2 saturated carbocycles. The van der Waals surface area contributed by atoms with Crippen molar-refractivity contribution in [3.63, 3.8) is 0 Å². The van der Waals surface area contributed by atoms with Gasteiger partial charge in [-0.05, 0) is 60.8 Å². The molecule has 2 aromatic rings. The SMILES string of the molecule is CC1(C)C(=O)C=C[C@@]2(C)[C@@H]1C[C@@H](Oc1ccccc1)[C@]1(C)[C@@H]2CC[C@@]2(C)[C@H](c3ccoc3)OC(=O)[C@H]3O[C@@]312. The lowest BCUT2D eigenvalue weighted by atomic mass is 9.35. The Bertz CT molecular complexity index is 1330. The van der Waals surface area contributed by atoms with Gasteiger partial charge in [-0.25, -0.2) is 4.79 Å². The zero-order valence-corrected chi connectivity index (χ0v) is 22.7. The fraction of sp³-hybridized carbons (Fsp3) is 0.562. The fourth-order valence-corrected chi connectivity index (χ4v) is 9.66. The summed E-state index contributed by atoms with van der Waals surface area (Å²) in [7, 11) is 0. The van der Waals surface area contributed by atoms with Crippen LogP contribution in [0.3, 0.4) is 0 Å². The second-order valence-corrected chi connectivity index (χ2v) is 13.4. The lowest BCUT2D eigenvalue weighted by Crippen LogP contribution is -2.73. The Morgan fingerprint density at radius 3 is 2.42 bits per heavy atom. The predicted octanol–water partition coefficient (Wildman–Crippen LogP) is 6.08. The Balaban J connectivity index is 1.42. The van der Waals surface area contributed by atoms with Crippen LogP contribution >= 0.6 is 0 Å². The topological polar surface area (TPSA) is 78.3 Å². The molecule has 5 aliphatic rings. The van der Waals surface area contributed by atoms with E-state index in [1.54, 1.807) is 18.6 Å². The molecule has 38 heavy (non-hydrogen) atoms. The molecule has 2 saturated heterocycles. The van der Waals surface area contributed by atoms with Gasteiger partial charge >= 0.3 is 5.97 Å². The number of hydrogen-bond donors (Lipinski definition) is 0. The monoisotopic (exact) mass is 516 g/mol. The second kappa shape index (κ2) is 7.41. The van der Waals surface area contributed by atoms with Crippen molar-refractivity contribution in [1.82, 2.24) is 0 Å². The largest absolute Gasteiger partial charge is 0.490 e. The molecule has 2 aliphatic heterocycles. The van der Waals surface area contributed by atoms with Gasteiger partial charge in [0.1, 0.15) is 23.6 Å². The number of rotatable bonds is 3. The van der Waals surface area contributed by atoms with Crippen molar-refractivity contribution < 1.29 is 28.2 Å². The van der Waals surface area contributed by atoms with Crippen LogP contribution in [-0.4, -0.2) is 29.6 Å². The molecule has 3 aliphatic carbocycles. The molecule has 6 nitrogen and oxygen atoms in total. The number of para-hydroxylation sites is 1. The number of epoxide rings is 1. The molecule has 0 amide bonds. The minimum atomic E-state index is -0.757. The summed E-state index contributed by atoms with van der Waals surface area (Å²) in [5.74, 6) is 0.887. The van der Waals surface area contributed by atoms with Crippen LogP contribution in [0.25, 0.3) is 0 Å². The molecular weight excluding hydrogens is 480 g/mol. The van der Waals surface area contributed by atoms with Crippen molar-refractivity contribution in [2.75, 3.05) is 0 Å². The maximum Gasteiger partial charge on any atom is 0.339 e. The summed E-state index contributed by atoms with van der Waals surface area (Å²) in [4.78, 5) is 26.6. The Morgan fingerprint density at radius 2 is 1.71 bits per heavy atom. The molecule has 1 aromatic carbocycles. The van der Waals surface area contributed by atoms with Crippen LogP contribution in [0.2, 0.25) is 0 Å². The van der Waals surface area contributed by atoms with Crippen molar-refractivity contribution >= 4 is 11.8 Å². The highest BCUT2D eigenvalue weighted by molar-refractivity contribution is 5.95. The number of benzene rings is 1. The van der Waals surface area contributed by atoms with E-state index in [1.807, 2.05) is 36.4 Å². The molecule has 0 radical (unpaired) electrons. The van der Waals surface area contributed by atoms with Gasteiger partial charge in [-0.1, -0.05) is 58.9 Å². The first-order valence-corrected chi connectivity index (χ1v) is 13.9. The second-order valence-electron chi connectivity index (χ2n) is 13.4. The average molecular weight is 517 g/mol. The van der Waals surface area contributed by atoms with Gasteiger partial charge in [-0.3, -0.25) is 4.79 Å². The number of ketones is 1. The molecule has 1 spiro atoms. The quantitative estimate of drug-likeness (QED) is 0.364. The van der Waals surface area contributed by atoms with E-state index in [9.17, 15) is 9.59 Å². The Labute approximate surface area is 223 Å². The minimum Gasteiger partial charge on any atom is -0.490 e. The van der Waals surface area contributed by atoms with Crippen molar-refractivity contribution in [1.29, 1.82) is 0 Å². The molecular formula is C32H36O6. The number of hydrogen-bond acceptors (Lipinski definition) is 6. The third-order valence-corrected chi connectivity index (χ3v) is 11.6. The first-order valence-electron chi connectivity index (χ1n) is 13.9. The summed E-state index contributed by atoms with van der Waals surface area (Å²) in [5.41, 5.74) is -1.65. The number of carbonyl (C=O) groups excluding carboxylic acids is 2. The molecule has 0 unspecified atom stereocenters. The average Bonchev–Trinajstić information content (AvgIpc) is 3.46. The summed E-state index contributed by atoms with van der Waals surface area (Å²) in [6, 6.07) is 11.8. The molecule has 4 fully saturated rings. The fourth-order valence-electron chi connectivity index (χ4n) is 9.66.